The monoisotopic (exact) mass is 298 g/mol. The van der Waals surface area contributed by atoms with Crippen molar-refractivity contribution in [3.05, 3.63) is 65.2 Å². The molecule has 0 unspecified atom stereocenters. The second kappa shape index (κ2) is 6.89. The van der Waals surface area contributed by atoms with Crippen molar-refractivity contribution < 1.29 is 19.1 Å². The Bertz CT molecular complexity index is 689. The van der Waals surface area contributed by atoms with E-state index in [0.29, 0.717) is 16.9 Å². The van der Waals surface area contributed by atoms with E-state index in [1.165, 1.54) is 6.07 Å². The normalized spacial score (nSPS) is 10.4. The zero-order valence-electron chi connectivity index (χ0n) is 12.8. The first-order valence-corrected chi connectivity index (χ1v) is 7.05. The fourth-order valence-electron chi connectivity index (χ4n) is 1.91. The van der Waals surface area contributed by atoms with Crippen molar-refractivity contribution in [3.63, 3.8) is 0 Å². The van der Waals surface area contributed by atoms with Crippen LogP contribution in [-0.2, 0) is 4.74 Å². The van der Waals surface area contributed by atoms with Gasteiger partial charge in [0.15, 0.2) is 0 Å². The summed E-state index contributed by atoms with van der Waals surface area (Å²) in [5.41, 5.74) is 1.79. The molecule has 0 N–H and O–H groups in total. The zero-order chi connectivity index (χ0) is 16.1. The maximum atomic E-state index is 12.1. The number of carbonyl (C=O) groups excluding carboxylic acids is 2. The Kier molecular flexibility index (Phi) is 4.94. The van der Waals surface area contributed by atoms with E-state index in [9.17, 15) is 9.59 Å². The van der Waals surface area contributed by atoms with Gasteiger partial charge in [0.1, 0.15) is 5.75 Å². The molecular formula is C18H18O4. The molecule has 0 bridgehead atoms. The van der Waals surface area contributed by atoms with Crippen LogP contribution in [0, 0.1) is 6.92 Å². The average Bonchev–Trinajstić information content (AvgIpc) is 2.47. The summed E-state index contributed by atoms with van der Waals surface area (Å²) in [7, 11) is 0. The van der Waals surface area contributed by atoms with Crippen LogP contribution in [0.2, 0.25) is 0 Å². The second-order valence-electron chi connectivity index (χ2n) is 5.24. The maximum absolute atomic E-state index is 12.1. The third-order valence-electron chi connectivity index (χ3n) is 2.88. The van der Waals surface area contributed by atoms with Crippen LogP contribution >= 0.6 is 0 Å². The van der Waals surface area contributed by atoms with Crippen LogP contribution in [0.4, 0.5) is 0 Å². The minimum atomic E-state index is -0.460. The molecule has 114 valence electrons. The van der Waals surface area contributed by atoms with Gasteiger partial charge in [-0.2, -0.15) is 0 Å². The summed E-state index contributed by atoms with van der Waals surface area (Å²) in [6.07, 6.45) is -0.203. The topological polar surface area (TPSA) is 52.6 Å². The van der Waals surface area contributed by atoms with E-state index >= 15 is 0 Å². The minimum absolute atomic E-state index is 0.203. The molecular weight excluding hydrogens is 280 g/mol. The fourth-order valence-corrected chi connectivity index (χ4v) is 1.91. The van der Waals surface area contributed by atoms with Crippen LogP contribution < -0.4 is 4.74 Å². The quantitative estimate of drug-likeness (QED) is 0.636. The Labute approximate surface area is 129 Å². The van der Waals surface area contributed by atoms with Crippen molar-refractivity contribution in [2.75, 3.05) is 0 Å². The predicted octanol–water partition coefficient (Wildman–Crippen LogP) is 3.78. The third-order valence-corrected chi connectivity index (χ3v) is 2.88. The molecule has 0 atom stereocenters. The van der Waals surface area contributed by atoms with E-state index in [-0.39, 0.29) is 6.10 Å². The number of esters is 2. The van der Waals surface area contributed by atoms with Crippen molar-refractivity contribution >= 4 is 11.9 Å². The van der Waals surface area contributed by atoms with E-state index in [2.05, 4.69) is 0 Å². The van der Waals surface area contributed by atoms with Crippen LogP contribution in [0.15, 0.2) is 48.5 Å². The lowest BCUT2D eigenvalue weighted by Gasteiger charge is -2.09. The van der Waals surface area contributed by atoms with E-state index in [1.54, 1.807) is 50.2 Å². The lowest BCUT2D eigenvalue weighted by molar-refractivity contribution is 0.0376. The Morgan fingerprint density at radius 3 is 2.18 bits per heavy atom. The summed E-state index contributed by atoms with van der Waals surface area (Å²) in [6.45, 7) is 5.46. The Morgan fingerprint density at radius 1 is 0.909 bits per heavy atom. The third kappa shape index (κ3) is 4.19. The largest absolute Gasteiger partial charge is 0.459 e. The number of benzene rings is 2. The van der Waals surface area contributed by atoms with E-state index < -0.39 is 11.9 Å². The molecule has 0 radical (unpaired) electrons. The van der Waals surface area contributed by atoms with Crippen LogP contribution in [-0.4, -0.2) is 18.0 Å². The summed E-state index contributed by atoms with van der Waals surface area (Å²) in [6, 6.07) is 13.5. The molecule has 0 aliphatic rings. The molecule has 0 heterocycles. The molecule has 0 saturated carbocycles. The maximum Gasteiger partial charge on any atom is 0.343 e. The molecule has 4 nitrogen and oxygen atoms in total. The van der Waals surface area contributed by atoms with Gasteiger partial charge in [-0.15, -0.1) is 0 Å². The molecule has 0 amide bonds. The van der Waals surface area contributed by atoms with Crippen LogP contribution in [0.3, 0.4) is 0 Å². The molecule has 0 saturated heterocycles. The average molecular weight is 298 g/mol. The van der Waals surface area contributed by atoms with Gasteiger partial charge in [0.2, 0.25) is 0 Å². The summed E-state index contributed by atoms with van der Waals surface area (Å²) < 4.78 is 10.4. The first-order valence-electron chi connectivity index (χ1n) is 7.05. The summed E-state index contributed by atoms with van der Waals surface area (Å²) in [5, 5.41) is 0. The van der Waals surface area contributed by atoms with E-state index in [1.807, 2.05) is 13.0 Å². The predicted molar refractivity (Wildman–Crippen MR) is 83.1 cm³/mol. The molecule has 2 rings (SSSR count). The summed E-state index contributed by atoms with van der Waals surface area (Å²) in [4.78, 5) is 23.9. The van der Waals surface area contributed by atoms with Crippen molar-refractivity contribution in [1.82, 2.24) is 0 Å². The summed E-state index contributed by atoms with van der Waals surface area (Å²) in [5.74, 6) is -0.591. The van der Waals surface area contributed by atoms with E-state index in [4.69, 9.17) is 9.47 Å². The van der Waals surface area contributed by atoms with Crippen LogP contribution in [0.25, 0.3) is 0 Å². The molecule has 4 heteroatoms. The van der Waals surface area contributed by atoms with E-state index in [0.717, 1.165) is 5.56 Å². The summed E-state index contributed by atoms with van der Waals surface area (Å²) >= 11 is 0. The molecule has 0 fully saturated rings. The van der Waals surface area contributed by atoms with Crippen molar-refractivity contribution in [2.24, 2.45) is 0 Å². The highest BCUT2D eigenvalue weighted by Gasteiger charge is 2.13. The number of carbonyl (C=O) groups is 2. The number of hydrogen-bond donors (Lipinski definition) is 0. The lowest BCUT2D eigenvalue weighted by Crippen LogP contribution is -2.12. The molecule has 2 aromatic rings. The van der Waals surface area contributed by atoms with Crippen molar-refractivity contribution in [2.45, 2.75) is 26.9 Å². The van der Waals surface area contributed by atoms with Gasteiger partial charge >= 0.3 is 11.9 Å². The van der Waals surface area contributed by atoms with Crippen molar-refractivity contribution in [3.8, 4) is 5.75 Å². The standard InChI is InChI=1S/C18H18O4/c1-12(2)21-17(19)15-8-5-9-16(11-15)22-18(20)14-7-4-6-13(3)10-14/h4-12H,1-3H3. The Balaban J connectivity index is 2.13. The Morgan fingerprint density at radius 2 is 1.55 bits per heavy atom. The molecule has 22 heavy (non-hydrogen) atoms. The zero-order valence-corrected chi connectivity index (χ0v) is 12.8. The SMILES string of the molecule is Cc1cccc(C(=O)Oc2cccc(C(=O)OC(C)C)c2)c1. The number of hydrogen-bond acceptors (Lipinski definition) is 4. The van der Waals surface area contributed by atoms with Gasteiger partial charge in [-0.25, -0.2) is 9.59 Å². The van der Waals surface area contributed by atoms with Crippen LogP contribution in [0.5, 0.6) is 5.75 Å². The second-order valence-corrected chi connectivity index (χ2v) is 5.24. The van der Waals surface area contributed by atoms with Gasteiger partial charge in [-0.1, -0.05) is 23.8 Å². The Hall–Kier alpha value is -2.62. The van der Waals surface area contributed by atoms with Gasteiger partial charge in [0.05, 0.1) is 17.2 Å². The van der Waals surface area contributed by atoms with Gasteiger partial charge < -0.3 is 9.47 Å². The molecule has 0 spiro atoms. The molecule has 0 aromatic heterocycles. The highest BCUT2D eigenvalue weighted by atomic mass is 16.5. The minimum Gasteiger partial charge on any atom is -0.459 e. The first-order chi connectivity index (χ1) is 10.5. The number of ether oxygens (including phenoxy) is 2. The highest BCUT2D eigenvalue weighted by molar-refractivity contribution is 5.92. The molecule has 2 aromatic carbocycles. The smallest absolute Gasteiger partial charge is 0.343 e. The van der Waals surface area contributed by atoms with Gasteiger partial charge in [0.25, 0.3) is 0 Å². The van der Waals surface area contributed by atoms with Crippen LogP contribution in [0.1, 0.15) is 40.1 Å². The van der Waals surface area contributed by atoms with Gasteiger partial charge in [0, 0.05) is 0 Å². The first kappa shape index (κ1) is 15.8. The number of rotatable bonds is 4. The fraction of sp³-hybridized carbons (Fsp3) is 0.222. The van der Waals surface area contributed by atoms with Gasteiger partial charge in [-0.3, -0.25) is 0 Å². The highest BCUT2D eigenvalue weighted by Crippen LogP contribution is 2.17. The molecule has 0 aliphatic heterocycles. The van der Waals surface area contributed by atoms with Crippen molar-refractivity contribution in [1.29, 1.82) is 0 Å². The number of aryl methyl sites for hydroxylation is 1. The van der Waals surface area contributed by atoms with Gasteiger partial charge in [-0.05, 0) is 51.1 Å². The lowest BCUT2D eigenvalue weighted by atomic mass is 10.1. The molecule has 0 aliphatic carbocycles.